The molecule has 0 bridgehead atoms. The first kappa shape index (κ1) is 41.5. The molecule has 2 aliphatic rings. The number of piperidine rings is 1. The first-order chi connectivity index (χ1) is 23.0. The third-order valence-corrected chi connectivity index (χ3v) is 10.6. The Hall–Kier alpha value is -1.63. The fourth-order valence-electron chi connectivity index (χ4n) is 7.10. The molecule has 47 heavy (non-hydrogen) atoms. The summed E-state index contributed by atoms with van der Waals surface area (Å²) in [4.78, 5) is 43.0. The van der Waals surface area contributed by atoms with Gasteiger partial charge >= 0.3 is 11.9 Å². The summed E-state index contributed by atoms with van der Waals surface area (Å²) in [7, 11) is 0. The minimum Gasteiger partial charge on any atom is -0.465 e. The summed E-state index contributed by atoms with van der Waals surface area (Å²) in [5.41, 5.74) is -0.413. The molecule has 0 radical (unpaired) electrons. The number of unbranched alkanes of at least 4 members (excludes halogenated alkanes) is 16. The van der Waals surface area contributed by atoms with Crippen molar-refractivity contribution in [2.45, 2.75) is 187 Å². The largest absolute Gasteiger partial charge is 0.465 e. The molecule has 0 aromatic heterocycles. The number of likely N-dealkylation sites (tertiary alicyclic amines) is 2. The zero-order valence-corrected chi connectivity index (χ0v) is 31.0. The van der Waals surface area contributed by atoms with E-state index in [1.54, 1.807) is 0 Å². The highest BCUT2D eigenvalue weighted by Gasteiger charge is 2.38. The highest BCUT2D eigenvalue weighted by molar-refractivity contribution is 5.76. The van der Waals surface area contributed by atoms with Crippen LogP contribution in [-0.4, -0.2) is 73.6 Å². The maximum absolute atomic E-state index is 13.1. The van der Waals surface area contributed by atoms with E-state index in [9.17, 15) is 14.4 Å². The van der Waals surface area contributed by atoms with Crippen molar-refractivity contribution in [1.82, 2.24) is 9.80 Å². The van der Waals surface area contributed by atoms with Crippen LogP contribution in [0, 0.1) is 5.41 Å². The predicted molar refractivity (Wildman–Crippen MR) is 193 cm³/mol. The lowest BCUT2D eigenvalue weighted by molar-refractivity contribution is -0.158. The molecular formula is C40H74N2O5. The third kappa shape index (κ3) is 20.5. The fourth-order valence-corrected chi connectivity index (χ4v) is 7.10. The molecule has 0 aromatic carbocycles. The van der Waals surface area contributed by atoms with Crippen LogP contribution in [0.2, 0.25) is 0 Å². The lowest BCUT2D eigenvalue weighted by Gasteiger charge is -2.41. The van der Waals surface area contributed by atoms with Crippen molar-refractivity contribution in [2.75, 3.05) is 45.9 Å². The third-order valence-electron chi connectivity index (χ3n) is 10.6. The Morgan fingerprint density at radius 2 is 0.915 bits per heavy atom. The van der Waals surface area contributed by atoms with Crippen LogP contribution in [0.15, 0.2) is 0 Å². The molecule has 7 nitrogen and oxygen atoms in total. The SMILES string of the molecule is CCCCCCCCCCCC(=O)OCC1(COC(=O)CCCCCCCCCCC)CCN(C(=O)CCN2CCCCCC2)CC1. The average Bonchev–Trinajstić information content (AvgIpc) is 3.37. The number of hydrogen-bond acceptors (Lipinski definition) is 6. The number of carbonyl (C=O) groups excluding carboxylic acids is 3. The zero-order valence-electron chi connectivity index (χ0n) is 31.0. The van der Waals surface area contributed by atoms with Crippen molar-refractivity contribution in [1.29, 1.82) is 0 Å². The zero-order chi connectivity index (χ0) is 33.8. The molecule has 2 saturated heterocycles. The van der Waals surface area contributed by atoms with Gasteiger partial charge in [0.25, 0.3) is 0 Å². The number of rotatable bonds is 27. The van der Waals surface area contributed by atoms with Crippen LogP contribution in [0.4, 0.5) is 0 Å². The second-order valence-electron chi connectivity index (χ2n) is 14.9. The van der Waals surface area contributed by atoms with Crippen LogP contribution >= 0.6 is 0 Å². The van der Waals surface area contributed by atoms with Crippen LogP contribution in [0.25, 0.3) is 0 Å². The number of nitrogens with zero attached hydrogens (tertiary/aromatic N) is 2. The molecular weight excluding hydrogens is 588 g/mol. The van der Waals surface area contributed by atoms with E-state index in [0.717, 1.165) is 45.3 Å². The van der Waals surface area contributed by atoms with Gasteiger partial charge in [-0.1, -0.05) is 129 Å². The molecule has 1 amide bonds. The van der Waals surface area contributed by atoms with Crippen LogP contribution in [-0.2, 0) is 23.9 Å². The molecule has 7 heteroatoms. The normalized spacial score (nSPS) is 16.9. The quantitative estimate of drug-likeness (QED) is 0.0644. The number of esters is 2. The molecule has 2 rings (SSSR count). The average molecular weight is 663 g/mol. The van der Waals surface area contributed by atoms with Gasteiger partial charge in [0.2, 0.25) is 5.91 Å². The van der Waals surface area contributed by atoms with Crippen LogP contribution < -0.4 is 0 Å². The van der Waals surface area contributed by atoms with E-state index >= 15 is 0 Å². The summed E-state index contributed by atoms with van der Waals surface area (Å²) in [6, 6.07) is 0. The van der Waals surface area contributed by atoms with Crippen molar-refractivity contribution in [3.05, 3.63) is 0 Å². The van der Waals surface area contributed by atoms with Gasteiger partial charge in [0.1, 0.15) is 13.2 Å². The fraction of sp³-hybridized carbons (Fsp3) is 0.925. The van der Waals surface area contributed by atoms with E-state index in [-0.39, 0.29) is 31.1 Å². The van der Waals surface area contributed by atoms with E-state index in [1.165, 1.54) is 116 Å². The first-order valence-corrected chi connectivity index (χ1v) is 20.3. The Bertz CT molecular complexity index is 762. The maximum atomic E-state index is 13.1. The first-order valence-electron chi connectivity index (χ1n) is 20.3. The minimum atomic E-state index is -0.413. The Morgan fingerprint density at radius 3 is 1.34 bits per heavy atom. The molecule has 2 fully saturated rings. The van der Waals surface area contributed by atoms with Gasteiger partial charge in [-0.2, -0.15) is 0 Å². The van der Waals surface area contributed by atoms with Crippen LogP contribution in [0.5, 0.6) is 0 Å². The van der Waals surface area contributed by atoms with E-state index < -0.39 is 5.41 Å². The van der Waals surface area contributed by atoms with Gasteiger partial charge in [-0.05, 0) is 51.6 Å². The van der Waals surface area contributed by atoms with Gasteiger partial charge in [0.15, 0.2) is 0 Å². The Kier molecular flexibility index (Phi) is 24.1. The number of hydrogen-bond donors (Lipinski definition) is 0. The van der Waals surface area contributed by atoms with Gasteiger partial charge in [-0.25, -0.2) is 0 Å². The molecule has 0 unspecified atom stereocenters. The summed E-state index contributed by atoms with van der Waals surface area (Å²) in [6.45, 7) is 9.33. The highest BCUT2D eigenvalue weighted by Crippen LogP contribution is 2.33. The van der Waals surface area contributed by atoms with Crippen LogP contribution in [0.1, 0.15) is 187 Å². The molecule has 0 spiro atoms. The minimum absolute atomic E-state index is 0.149. The van der Waals surface area contributed by atoms with Crippen molar-refractivity contribution >= 4 is 17.8 Å². The summed E-state index contributed by atoms with van der Waals surface area (Å²) in [6.07, 6.45) is 29.8. The van der Waals surface area contributed by atoms with E-state index in [1.807, 2.05) is 4.90 Å². The molecule has 2 aliphatic heterocycles. The van der Waals surface area contributed by atoms with E-state index in [2.05, 4.69) is 18.7 Å². The molecule has 0 aliphatic carbocycles. The molecule has 274 valence electrons. The smallest absolute Gasteiger partial charge is 0.305 e. The summed E-state index contributed by atoms with van der Waals surface area (Å²) in [5, 5.41) is 0. The molecule has 0 aromatic rings. The Morgan fingerprint density at radius 1 is 0.511 bits per heavy atom. The summed E-state index contributed by atoms with van der Waals surface area (Å²) < 4.78 is 11.7. The lowest BCUT2D eigenvalue weighted by atomic mass is 9.79. The number of amides is 1. The molecule has 0 atom stereocenters. The standard InChI is InChI=1S/C40H74N2O5/c1-3-5-7-9-11-13-15-17-21-25-38(44)46-35-40(36-47-39(45)26-22-18-16-14-12-10-8-6-4-2)28-33-42(34-29-40)37(43)27-32-41-30-23-19-20-24-31-41/h3-36H2,1-2H3. The van der Waals surface area contributed by atoms with Gasteiger partial charge < -0.3 is 19.3 Å². The summed E-state index contributed by atoms with van der Waals surface area (Å²) in [5.74, 6) is -0.0823. The predicted octanol–water partition coefficient (Wildman–Crippen LogP) is 9.79. The van der Waals surface area contributed by atoms with Crippen molar-refractivity contribution in [2.24, 2.45) is 5.41 Å². The molecule has 0 saturated carbocycles. The van der Waals surface area contributed by atoms with Crippen molar-refractivity contribution in [3.8, 4) is 0 Å². The summed E-state index contributed by atoms with van der Waals surface area (Å²) >= 11 is 0. The second kappa shape index (κ2) is 27.2. The van der Waals surface area contributed by atoms with Gasteiger partial charge in [0, 0.05) is 44.3 Å². The Balaban J connectivity index is 1.75. The maximum Gasteiger partial charge on any atom is 0.305 e. The number of ether oxygens (including phenoxy) is 2. The monoisotopic (exact) mass is 663 g/mol. The van der Waals surface area contributed by atoms with E-state index in [4.69, 9.17) is 9.47 Å². The molecule has 2 heterocycles. The number of carbonyl (C=O) groups is 3. The van der Waals surface area contributed by atoms with Gasteiger partial charge in [-0.3, -0.25) is 14.4 Å². The van der Waals surface area contributed by atoms with E-state index in [0.29, 0.717) is 45.2 Å². The van der Waals surface area contributed by atoms with Crippen molar-refractivity contribution < 1.29 is 23.9 Å². The lowest BCUT2D eigenvalue weighted by Crippen LogP contribution is -2.48. The highest BCUT2D eigenvalue weighted by atomic mass is 16.5. The Labute approximate surface area is 289 Å². The van der Waals surface area contributed by atoms with Gasteiger partial charge in [-0.15, -0.1) is 0 Å². The van der Waals surface area contributed by atoms with Gasteiger partial charge in [0.05, 0.1) is 0 Å². The molecule has 0 N–H and O–H groups in total. The van der Waals surface area contributed by atoms with Crippen molar-refractivity contribution in [3.63, 3.8) is 0 Å². The second-order valence-corrected chi connectivity index (χ2v) is 14.9. The van der Waals surface area contributed by atoms with Crippen LogP contribution in [0.3, 0.4) is 0 Å². The topological polar surface area (TPSA) is 76.1 Å².